The van der Waals surface area contributed by atoms with Crippen molar-refractivity contribution < 1.29 is 19.7 Å². The van der Waals surface area contributed by atoms with Crippen LogP contribution in [0.1, 0.15) is 17.7 Å². The third-order valence-electron chi connectivity index (χ3n) is 5.25. The van der Waals surface area contributed by atoms with Crippen LogP contribution in [-0.4, -0.2) is 66.5 Å². The smallest absolute Gasteiger partial charge is 0.296 e. The van der Waals surface area contributed by atoms with Crippen LogP contribution < -0.4 is 4.74 Å². The summed E-state index contributed by atoms with van der Waals surface area (Å²) in [6.07, 6.45) is 2.12. The first-order valence-corrected chi connectivity index (χ1v) is 10.7. The summed E-state index contributed by atoms with van der Waals surface area (Å²) in [6.45, 7) is 0.00265. The molecule has 3 atom stereocenters. The van der Waals surface area contributed by atoms with Crippen molar-refractivity contribution in [1.82, 2.24) is 24.7 Å². The number of imidazole rings is 1. The Morgan fingerprint density at radius 1 is 1.24 bits per heavy atom. The quantitative estimate of drug-likeness (QED) is 0.395. The molecule has 0 aliphatic carbocycles. The zero-order valence-electron chi connectivity index (χ0n) is 17.3. The van der Waals surface area contributed by atoms with E-state index in [1.165, 1.54) is 0 Å². The number of pyridine rings is 1. The lowest BCUT2D eigenvalue weighted by Gasteiger charge is -2.31. The van der Waals surface area contributed by atoms with Gasteiger partial charge in [0.05, 0.1) is 35.5 Å². The van der Waals surface area contributed by atoms with Gasteiger partial charge in [0.25, 0.3) is 6.01 Å². The summed E-state index contributed by atoms with van der Waals surface area (Å²) in [5.74, 6) is 6.06. The monoisotopic (exact) mass is 465 g/mol. The topological polar surface area (TPSA) is 118 Å². The molecule has 1 aliphatic rings. The van der Waals surface area contributed by atoms with E-state index in [0.717, 1.165) is 11.3 Å². The first-order chi connectivity index (χ1) is 16.1. The largest absolute Gasteiger partial charge is 0.459 e. The number of hydrogen-bond donors (Lipinski definition) is 3. The molecule has 3 aromatic heterocycles. The van der Waals surface area contributed by atoms with Gasteiger partial charge >= 0.3 is 0 Å². The molecule has 5 rings (SSSR count). The van der Waals surface area contributed by atoms with Gasteiger partial charge < -0.3 is 24.7 Å². The molecule has 1 fully saturated rings. The molecule has 4 aromatic rings. The Balaban J connectivity index is 1.32. The molecule has 168 valence electrons. The van der Waals surface area contributed by atoms with Crippen molar-refractivity contribution in [3.8, 4) is 23.5 Å². The summed E-state index contributed by atoms with van der Waals surface area (Å²) < 4.78 is 13.0. The van der Waals surface area contributed by atoms with Gasteiger partial charge in [-0.1, -0.05) is 17.5 Å². The lowest BCUT2D eigenvalue weighted by atomic mass is 10.0. The zero-order valence-corrected chi connectivity index (χ0v) is 18.1. The predicted molar refractivity (Wildman–Crippen MR) is 120 cm³/mol. The van der Waals surface area contributed by atoms with Crippen molar-refractivity contribution in [2.75, 3.05) is 13.2 Å². The van der Waals surface area contributed by atoms with Gasteiger partial charge in [-0.15, -0.1) is 0 Å². The average molecular weight is 466 g/mol. The summed E-state index contributed by atoms with van der Waals surface area (Å²) in [7, 11) is 0. The van der Waals surface area contributed by atoms with Gasteiger partial charge in [0, 0.05) is 24.4 Å². The van der Waals surface area contributed by atoms with Crippen LogP contribution in [0.15, 0.2) is 48.8 Å². The predicted octanol–water partition coefficient (Wildman–Crippen LogP) is 2.09. The summed E-state index contributed by atoms with van der Waals surface area (Å²) in [6, 6.07) is 11.5. The Labute approximate surface area is 194 Å². The number of nitrogens with one attached hydrogen (secondary N) is 1. The van der Waals surface area contributed by atoms with Crippen LogP contribution in [0.25, 0.3) is 16.9 Å². The van der Waals surface area contributed by atoms with Gasteiger partial charge in [-0.2, -0.15) is 10.1 Å². The fourth-order valence-corrected chi connectivity index (χ4v) is 3.73. The molecule has 4 heterocycles. The van der Waals surface area contributed by atoms with E-state index < -0.39 is 18.3 Å². The van der Waals surface area contributed by atoms with Gasteiger partial charge in [-0.3, -0.25) is 0 Å². The molecule has 1 aliphatic heterocycles. The number of aliphatic hydroxyl groups is 2. The second-order valence-electron chi connectivity index (χ2n) is 7.58. The Bertz CT molecular complexity index is 1310. The van der Waals surface area contributed by atoms with Gasteiger partial charge in [-0.25, -0.2) is 9.67 Å². The first kappa shape index (κ1) is 21.4. The summed E-state index contributed by atoms with van der Waals surface area (Å²) in [5.41, 5.74) is 3.18. The Hall–Kier alpha value is -3.42. The van der Waals surface area contributed by atoms with E-state index >= 15 is 0 Å². The van der Waals surface area contributed by atoms with Gasteiger partial charge in [-0.05, 0) is 42.3 Å². The highest BCUT2D eigenvalue weighted by atomic mass is 35.5. The second-order valence-corrected chi connectivity index (χ2v) is 7.98. The van der Waals surface area contributed by atoms with E-state index in [9.17, 15) is 10.2 Å². The van der Waals surface area contributed by atoms with E-state index in [0.29, 0.717) is 28.3 Å². The minimum Gasteiger partial charge on any atom is -0.459 e. The minimum atomic E-state index is -0.804. The molecule has 0 bridgehead atoms. The summed E-state index contributed by atoms with van der Waals surface area (Å²) in [4.78, 5) is 11.8. The van der Waals surface area contributed by atoms with E-state index in [1.54, 1.807) is 16.9 Å². The molecule has 0 radical (unpaired) electrons. The average Bonchev–Trinajstić information content (AvgIpc) is 3.48. The van der Waals surface area contributed by atoms with E-state index in [2.05, 4.69) is 31.9 Å². The maximum atomic E-state index is 10.0. The van der Waals surface area contributed by atoms with Crippen molar-refractivity contribution >= 4 is 22.8 Å². The highest BCUT2D eigenvalue weighted by Gasteiger charge is 2.31. The Morgan fingerprint density at radius 2 is 2.09 bits per heavy atom. The minimum absolute atomic E-state index is 0.237. The first-order valence-electron chi connectivity index (χ1n) is 10.3. The van der Waals surface area contributed by atoms with Gasteiger partial charge in [0.15, 0.2) is 5.65 Å². The third kappa shape index (κ3) is 4.69. The summed E-state index contributed by atoms with van der Waals surface area (Å²) in [5, 5.41) is 23.8. The van der Waals surface area contributed by atoms with E-state index in [-0.39, 0.29) is 19.2 Å². The van der Waals surface area contributed by atoms with Crippen LogP contribution >= 0.6 is 11.6 Å². The number of fused-ring (bicyclic) bond motifs is 1. The number of aliphatic hydroxyl groups excluding tert-OH is 2. The molecular formula is C23H20ClN5O4. The highest BCUT2D eigenvalue weighted by molar-refractivity contribution is 6.32. The molecule has 33 heavy (non-hydrogen) atoms. The number of nitrogens with zero attached hydrogens (tertiary/aromatic N) is 4. The highest BCUT2D eigenvalue weighted by Crippen LogP contribution is 2.24. The van der Waals surface area contributed by atoms with Crippen LogP contribution in [0, 0.1) is 11.8 Å². The van der Waals surface area contributed by atoms with Crippen LogP contribution in [0.3, 0.4) is 0 Å². The van der Waals surface area contributed by atoms with Crippen molar-refractivity contribution in [3.05, 3.63) is 65.1 Å². The Kier molecular flexibility index (Phi) is 5.98. The molecule has 3 N–H and O–H groups in total. The number of aromatic nitrogens is 5. The fraction of sp³-hybridized carbons (Fsp3) is 0.261. The molecular weight excluding hydrogens is 446 g/mol. The number of rotatable bonds is 4. The number of halogens is 1. The Morgan fingerprint density at radius 3 is 2.82 bits per heavy atom. The second kappa shape index (κ2) is 9.21. The van der Waals surface area contributed by atoms with Crippen molar-refractivity contribution in [3.63, 3.8) is 0 Å². The fourth-order valence-electron chi connectivity index (χ4n) is 3.54. The maximum Gasteiger partial charge on any atom is 0.296 e. The van der Waals surface area contributed by atoms with Crippen LogP contribution in [0.5, 0.6) is 6.01 Å². The molecule has 1 aromatic carbocycles. The van der Waals surface area contributed by atoms with Crippen molar-refractivity contribution in [1.29, 1.82) is 0 Å². The van der Waals surface area contributed by atoms with Crippen LogP contribution in [0.2, 0.25) is 5.02 Å². The molecule has 0 unspecified atom stereocenters. The SMILES string of the molecule is OC[C@H]1OC[C@H](Oc2nc3nc(C#Cc4ccc(-n5cccn5)cc4)c(Cl)cc3[nH]2)C[C@@H]1O. The van der Waals surface area contributed by atoms with E-state index in [1.807, 2.05) is 36.5 Å². The van der Waals surface area contributed by atoms with Crippen molar-refractivity contribution in [2.45, 2.75) is 24.7 Å². The third-order valence-corrected chi connectivity index (χ3v) is 5.54. The number of benzene rings is 1. The molecule has 0 saturated carbocycles. The van der Waals surface area contributed by atoms with Gasteiger partial charge in [0.2, 0.25) is 0 Å². The lowest BCUT2D eigenvalue weighted by Crippen LogP contribution is -2.45. The normalized spacial score (nSPS) is 20.4. The number of aromatic amines is 1. The molecule has 0 amide bonds. The number of ether oxygens (including phenoxy) is 2. The van der Waals surface area contributed by atoms with Crippen molar-refractivity contribution in [2.24, 2.45) is 0 Å². The molecule has 9 nitrogen and oxygen atoms in total. The maximum absolute atomic E-state index is 10.0. The number of H-pyrrole nitrogens is 1. The molecule has 10 heteroatoms. The zero-order chi connectivity index (χ0) is 22.8. The standard InChI is InChI=1S/C23H20ClN5O4/c24-17-11-19-22(28-23(27-19)33-16-10-20(31)21(12-30)32-13-16)26-18(17)7-4-14-2-5-15(6-3-14)29-9-1-8-25-29/h1-3,5-6,8-9,11,16,20-21,30-31H,10,12-13H2,(H,26,27,28)/t16-,20+,21-/m1/s1. The van der Waals surface area contributed by atoms with Gasteiger partial charge in [0.1, 0.15) is 17.9 Å². The van der Waals surface area contributed by atoms with E-state index in [4.69, 9.17) is 21.1 Å². The van der Waals surface area contributed by atoms with Crippen LogP contribution in [-0.2, 0) is 4.74 Å². The number of hydrogen-bond acceptors (Lipinski definition) is 7. The molecule has 1 saturated heterocycles. The summed E-state index contributed by atoms with van der Waals surface area (Å²) >= 11 is 6.37. The lowest BCUT2D eigenvalue weighted by molar-refractivity contribution is -0.131. The van der Waals surface area contributed by atoms with Crippen LogP contribution in [0.4, 0.5) is 0 Å². The molecule has 0 spiro atoms.